The number of aromatic nitrogens is 2. The van der Waals surface area contributed by atoms with Crippen LogP contribution < -0.4 is 0 Å². The van der Waals surface area contributed by atoms with Gasteiger partial charge in [-0.15, -0.1) is 0 Å². The summed E-state index contributed by atoms with van der Waals surface area (Å²) in [4.78, 5) is 48.2. The van der Waals surface area contributed by atoms with E-state index in [-0.39, 0.29) is 35.0 Å². The van der Waals surface area contributed by atoms with Gasteiger partial charge in [-0.05, 0) is 67.5 Å². The molecule has 56 heavy (non-hydrogen) atoms. The number of carbonyl (C=O) groups is 4. The minimum Gasteiger partial charge on any atom is -0.479 e. The SMILES string of the molecule is CCOC(=O)C(O)(c1cn(CC(=O)OC(C)(C)C)c2ccccc12)C(F)(F)F.CCOC(C(=O)O)(c1cn(CC(=O)OC(C)(C)C)c2ccccc12)C(F)(F)F. The molecule has 0 aliphatic heterocycles. The third-order valence-electron chi connectivity index (χ3n) is 7.83. The Morgan fingerprint density at radius 3 is 1.41 bits per heavy atom. The third kappa shape index (κ3) is 9.64. The number of halogens is 6. The second-order valence-electron chi connectivity index (χ2n) is 14.4. The van der Waals surface area contributed by atoms with E-state index in [0.717, 1.165) is 12.4 Å². The van der Waals surface area contributed by atoms with E-state index in [2.05, 4.69) is 4.74 Å². The van der Waals surface area contributed by atoms with Gasteiger partial charge < -0.3 is 38.3 Å². The number of alkyl halides is 6. The Hall–Kier alpha value is -5.10. The quantitative estimate of drug-likeness (QED) is 0.0907. The smallest absolute Gasteiger partial charge is 0.432 e. The average Bonchev–Trinajstić information content (AvgIpc) is 3.59. The van der Waals surface area contributed by atoms with Gasteiger partial charge in [0.15, 0.2) is 0 Å². The fourth-order valence-corrected chi connectivity index (χ4v) is 5.79. The predicted molar refractivity (Wildman–Crippen MR) is 189 cm³/mol. The topological polar surface area (TPSA) is 156 Å². The lowest BCUT2D eigenvalue weighted by atomic mass is 9.92. The number of ether oxygens (including phenoxy) is 4. The highest BCUT2D eigenvalue weighted by molar-refractivity contribution is 5.94. The molecule has 0 fully saturated rings. The number of carboxylic acids is 1. The van der Waals surface area contributed by atoms with Gasteiger partial charge in [0.1, 0.15) is 24.3 Å². The summed E-state index contributed by atoms with van der Waals surface area (Å²) >= 11 is 0. The Kier molecular flexibility index (Phi) is 13.4. The highest BCUT2D eigenvalue weighted by Crippen LogP contribution is 2.46. The molecule has 0 aliphatic rings. The molecular formula is C38H44F6N2O10. The molecule has 4 rings (SSSR count). The fraction of sp³-hybridized carbons (Fsp3) is 0.474. The van der Waals surface area contributed by atoms with Gasteiger partial charge in [0.2, 0.25) is 0 Å². The lowest BCUT2D eigenvalue weighted by Crippen LogP contribution is -2.51. The number of para-hydroxylation sites is 2. The van der Waals surface area contributed by atoms with Crippen LogP contribution in [0.5, 0.6) is 0 Å². The molecule has 2 heterocycles. The summed E-state index contributed by atoms with van der Waals surface area (Å²) in [6, 6.07) is 11.8. The number of carboxylic acid groups (broad SMARTS) is 1. The van der Waals surface area contributed by atoms with Gasteiger partial charge in [-0.2, -0.15) is 26.3 Å². The van der Waals surface area contributed by atoms with Crippen molar-refractivity contribution in [3.8, 4) is 0 Å². The molecule has 0 radical (unpaired) electrons. The highest BCUT2D eigenvalue weighted by atomic mass is 19.4. The molecule has 4 aromatic rings. The van der Waals surface area contributed by atoms with Crippen LogP contribution in [0.1, 0.15) is 66.5 Å². The summed E-state index contributed by atoms with van der Waals surface area (Å²) in [5.41, 5.74) is -9.78. The number of rotatable bonds is 11. The third-order valence-corrected chi connectivity index (χ3v) is 7.83. The van der Waals surface area contributed by atoms with E-state index in [1.807, 2.05) is 0 Å². The van der Waals surface area contributed by atoms with Crippen LogP contribution in [0.3, 0.4) is 0 Å². The van der Waals surface area contributed by atoms with Crippen molar-refractivity contribution in [1.29, 1.82) is 0 Å². The Balaban J connectivity index is 0.000000300. The molecule has 2 aromatic carbocycles. The van der Waals surface area contributed by atoms with Crippen LogP contribution in [0.4, 0.5) is 26.3 Å². The van der Waals surface area contributed by atoms with E-state index in [1.54, 1.807) is 53.7 Å². The molecule has 0 bridgehead atoms. The first-order chi connectivity index (χ1) is 25.6. The Labute approximate surface area is 317 Å². The fourth-order valence-electron chi connectivity index (χ4n) is 5.79. The van der Waals surface area contributed by atoms with Crippen molar-refractivity contribution < 1.29 is 74.7 Å². The number of esters is 3. The van der Waals surface area contributed by atoms with Crippen LogP contribution in [-0.2, 0) is 62.4 Å². The van der Waals surface area contributed by atoms with Crippen molar-refractivity contribution >= 4 is 45.7 Å². The number of hydrogen-bond donors (Lipinski definition) is 2. The first kappa shape index (κ1) is 45.3. The van der Waals surface area contributed by atoms with Gasteiger partial charge in [-0.25, -0.2) is 9.59 Å². The Bertz CT molecular complexity index is 2060. The zero-order chi connectivity index (χ0) is 42.7. The molecule has 0 saturated heterocycles. The van der Waals surface area contributed by atoms with Gasteiger partial charge in [0.25, 0.3) is 11.2 Å². The molecule has 0 aliphatic carbocycles. The van der Waals surface area contributed by atoms with Gasteiger partial charge in [0.05, 0.1) is 6.61 Å². The van der Waals surface area contributed by atoms with Crippen LogP contribution in [0.25, 0.3) is 21.8 Å². The normalized spacial score (nSPS) is 14.6. The molecule has 0 saturated carbocycles. The van der Waals surface area contributed by atoms with Gasteiger partial charge in [-0.1, -0.05) is 36.4 Å². The van der Waals surface area contributed by atoms with Crippen molar-refractivity contribution in [3.63, 3.8) is 0 Å². The second kappa shape index (κ2) is 16.6. The number of aliphatic carboxylic acids is 1. The summed E-state index contributed by atoms with van der Waals surface area (Å²) in [6.45, 7) is 11.0. The minimum absolute atomic E-state index is 0.0271. The van der Waals surface area contributed by atoms with Crippen LogP contribution >= 0.6 is 0 Å². The van der Waals surface area contributed by atoms with Crippen molar-refractivity contribution in [2.24, 2.45) is 0 Å². The highest BCUT2D eigenvalue weighted by Gasteiger charge is 2.65. The van der Waals surface area contributed by atoms with Crippen molar-refractivity contribution in [2.45, 2.75) is 103 Å². The lowest BCUT2D eigenvalue weighted by Gasteiger charge is -2.31. The van der Waals surface area contributed by atoms with Crippen LogP contribution in [0.15, 0.2) is 60.9 Å². The average molecular weight is 803 g/mol. The molecule has 2 unspecified atom stereocenters. The maximum atomic E-state index is 13.9. The first-order valence-electron chi connectivity index (χ1n) is 17.1. The van der Waals surface area contributed by atoms with Gasteiger partial charge >= 0.3 is 36.2 Å². The maximum absolute atomic E-state index is 13.9. The molecule has 2 N–H and O–H groups in total. The number of aliphatic hydroxyl groups is 1. The van der Waals surface area contributed by atoms with Crippen LogP contribution in [-0.4, -0.2) is 80.0 Å². The molecule has 18 heteroatoms. The molecular weight excluding hydrogens is 758 g/mol. The van der Waals surface area contributed by atoms with Crippen molar-refractivity contribution in [1.82, 2.24) is 9.13 Å². The van der Waals surface area contributed by atoms with E-state index in [9.17, 15) is 55.7 Å². The van der Waals surface area contributed by atoms with Crippen molar-refractivity contribution in [2.75, 3.05) is 13.2 Å². The molecule has 2 aromatic heterocycles. The summed E-state index contributed by atoms with van der Waals surface area (Å²) < 4.78 is 105. The first-order valence-corrected chi connectivity index (χ1v) is 17.1. The van der Waals surface area contributed by atoms with Crippen LogP contribution in [0, 0.1) is 0 Å². The Morgan fingerprint density at radius 2 is 1.05 bits per heavy atom. The number of carbonyl (C=O) groups excluding carboxylic acids is 3. The summed E-state index contributed by atoms with van der Waals surface area (Å²) in [5.74, 6) is -5.35. The number of nitrogens with zero attached hydrogens (tertiary/aromatic N) is 2. The van der Waals surface area contributed by atoms with Crippen molar-refractivity contribution in [3.05, 3.63) is 72.1 Å². The van der Waals surface area contributed by atoms with Gasteiger partial charge in [0, 0.05) is 51.9 Å². The molecule has 308 valence electrons. The molecule has 0 amide bonds. The maximum Gasteiger partial charge on any atom is 0.432 e. The number of fused-ring (bicyclic) bond motifs is 2. The molecule has 12 nitrogen and oxygen atoms in total. The standard InChI is InChI=1S/2C19H22F3NO5/c1-5-27-16(25)18(26,19(20,21)22)13-10-23(11-15(24)28-17(2,3)4)14-9-7-6-8-12(13)14;1-5-27-18(16(25)26,19(20,21)22)13-10-23(11-15(24)28-17(2,3)4)14-9-7-6-8-12(13)14/h6-10,26H,5,11H2,1-4H3;6-10H,5,11H2,1-4H3,(H,25,26). The zero-order valence-corrected chi connectivity index (χ0v) is 31.9. The number of benzene rings is 2. The molecule has 0 spiro atoms. The zero-order valence-electron chi connectivity index (χ0n) is 31.9. The lowest BCUT2D eigenvalue weighted by molar-refractivity contribution is -0.279. The monoisotopic (exact) mass is 802 g/mol. The van der Waals surface area contributed by atoms with E-state index in [0.29, 0.717) is 0 Å². The van der Waals surface area contributed by atoms with E-state index >= 15 is 0 Å². The minimum atomic E-state index is -5.33. The number of hydrogen-bond acceptors (Lipinski definition) is 9. The predicted octanol–water partition coefficient (Wildman–Crippen LogP) is 7.16. The summed E-state index contributed by atoms with van der Waals surface area (Å²) in [5, 5.41) is 19.9. The van der Waals surface area contributed by atoms with E-state index in [1.165, 1.54) is 59.4 Å². The molecule has 2 atom stereocenters. The summed E-state index contributed by atoms with van der Waals surface area (Å²) in [6.07, 6.45) is -8.64. The second-order valence-corrected chi connectivity index (χ2v) is 14.4. The van der Waals surface area contributed by atoms with Crippen LogP contribution in [0.2, 0.25) is 0 Å². The Morgan fingerprint density at radius 1 is 0.643 bits per heavy atom. The largest absolute Gasteiger partial charge is 0.479 e. The van der Waals surface area contributed by atoms with Gasteiger partial charge in [-0.3, -0.25) is 9.59 Å². The van der Waals surface area contributed by atoms with E-state index < -0.39 is 82.9 Å². The van der Waals surface area contributed by atoms with E-state index in [4.69, 9.17) is 14.2 Å². The summed E-state index contributed by atoms with van der Waals surface area (Å²) in [7, 11) is 0.